The second-order valence-electron chi connectivity index (χ2n) is 6.77. The zero-order valence-corrected chi connectivity index (χ0v) is 18.8. The number of azo groups is 1. The van der Waals surface area contributed by atoms with Gasteiger partial charge in [-0.2, -0.15) is 0 Å². The van der Waals surface area contributed by atoms with E-state index < -0.39 is 15.9 Å². The number of sulfonamides is 1. The number of hydrogen-bond donors (Lipinski definition) is 2. The van der Waals surface area contributed by atoms with Gasteiger partial charge in [0.15, 0.2) is 5.75 Å². The summed E-state index contributed by atoms with van der Waals surface area (Å²) in [6.45, 7) is 0. The van der Waals surface area contributed by atoms with Crippen LogP contribution in [0.3, 0.4) is 0 Å². The molecule has 0 aliphatic heterocycles. The number of carbonyl (C=O) groups is 1. The first kappa shape index (κ1) is 21.7. The molecule has 0 aromatic heterocycles. The molecule has 0 bridgehead atoms. The summed E-state index contributed by atoms with van der Waals surface area (Å²) in [6, 6.07) is 22.6. The van der Waals surface area contributed by atoms with E-state index in [2.05, 4.69) is 30.9 Å². The highest BCUT2D eigenvalue weighted by Gasteiger charge is 2.18. The summed E-state index contributed by atoms with van der Waals surface area (Å²) < 4.78 is 29.1. The SMILES string of the molecule is O=C(N=Nc1cc(NS(=O)(=O)c2ccc(Br)cc2)c2ccccc2c1O)c1ccccc1. The lowest BCUT2D eigenvalue weighted by Gasteiger charge is -2.13. The van der Waals surface area contributed by atoms with Gasteiger partial charge in [0.2, 0.25) is 0 Å². The van der Waals surface area contributed by atoms with Gasteiger partial charge in [-0.25, -0.2) is 8.42 Å². The molecule has 0 spiro atoms. The fourth-order valence-corrected chi connectivity index (χ4v) is 4.40. The van der Waals surface area contributed by atoms with Crippen LogP contribution >= 0.6 is 15.9 Å². The highest BCUT2D eigenvalue weighted by molar-refractivity contribution is 9.10. The normalized spacial score (nSPS) is 11.7. The van der Waals surface area contributed by atoms with Crippen molar-refractivity contribution in [2.45, 2.75) is 4.90 Å². The third-order valence-electron chi connectivity index (χ3n) is 4.63. The summed E-state index contributed by atoms with van der Waals surface area (Å²) in [5.74, 6) is -0.799. The van der Waals surface area contributed by atoms with Gasteiger partial charge >= 0.3 is 0 Å². The van der Waals surface area contributed by atoms with E-state index in [0.717, 1.165) is 4.47 Å². The fraction of sp³-hybridized carbons (Fsp3) is 0. The predicted molar refractivity (Wildman–Crippen MR) is 126 cm³/mol. The Balaban J connectivity index is 1.76. The number of anilines is 1. The molecular formula is C23H16BrN3O4S. The Bertz CT molecular complexity index is 1440. The van der Waals surface area contributed by atoms with E-state index in [1.165, 1.54) is 18.2 Å². The first-order chi connectivity index (χ1) is 15.3. The number of hydrogen-bond acceptors (Lipinski definition) is 5. The van der Waals surface area contributed by atoms with E-state index in [1.807, 2.05) is 0 Å². The van der Waals surface area contributed by atoms with Crippen LogP contribution in [0.15, 0.2) is 105 Å². The number of rotatable bonds is 5. The molecule has 4 aromatic carbocycles. The van der Waals surface area contributed by atoms with Gasteiger partial charge in [-0.1, -0.05) is 58.4 Å². The van der Waals surface area contributed by atoms with Crippen LogP contribution in [0, 0.1) is 0 Å². The maximum Gasteiger partial charge on any atom is 0.295 e. The zero-order chi connectivity index (χ0) is 22.7. The number of carbonyl (C=O) groups excluding carboxylic acids is 1. The van der Waals surface area contributed by atoms with E-state index in [-0.39, 0.29) is 22.0 Å². The highest BCUT2D eigenvalue weighted by atomic mass is 79.9. The fourth-order valence-electron chi connectivity index (χ4n) is 3.06. The zero-order valence-electron chi connectivity index (χ0n) is 16.4. The molecular weight excluding hydrogens is 494 g/mol. The van der Waals surface area contributed by atoms with Gasteiger partial charge in [-0.15, -0.1) is 10.2 Å². The van der Waals surface area contributed by atoms with Crippen molar-refractivity contribution in [3.63, 3.8) is 0 Å². The molecule has 1 amide bonds. The number of nitrogens with zero attached hydrogens (tertiary/aromatic N) is 2. The summed E-state index contributed by atoms with van der Waals surface area (Å²) >= 11 is 3.28. The summed E-state index contributed by atoms with van der Waals surface area (Å²) in [5.41, 5.74) is 0.497. The maximum atomic E-state index is 12.9. The van der Waals surface area contributed by atoms with Crippen molar-refractivity contribution in [3.8, 4) is 5.75 Å². The number of nitrogens with one attached hydrogen (secondary N) is 1. The van der Waals surface area contributed by atoms with E-state index >= 15 is 0 Å². The van der Waals surface area contributed by atoms with Crippen LogP contribution in [0.5, 0.6) is 5.75 Å². The van der Waals surface area contributed by atoms with Gasteiger partial charge in [0.05, 0.1) is 10.6 Å². The number of amides is 1. The second kappa shape index (κ2) is 8.89. The quantitative estimate of drug-likeness (QED) is 0.252. The number of phenols is 1. The van der Waals surface area contributed by atoms with Gasteiger partial charge in [0.1, 0.15) is 5.69 Å². The van der Waals surface area contributed by atoms with Gasteiger partial charge in [0, 0.05) is 20.8 Å². The minimum absolute atomic E-state index is 0.0403. The molecule has 0 saturated carbocycles. The summed E-state index contributed by atoms with van der Waals surface area (Å²) in [4.78, 5) is 12.3. The third-order valence-corrected chi connectivity index (χ3v) is 6.54. The minimum atomic E-state index is -3.92. The van der Waals surface area contributed by atoms with Gasteiger partial charge in [-0.3, -0.25) is 9.52 Å². The second-order valence-corrected chi connectivity index (χ2v) is 9.37. The lowest BCUT2D eigenvalue weighted by molar-refractivity contribution is 0.0995. The van der Waals surface area contributed by atoms with E-state index in [9.17, 15) is 18.3 Å². The van der Waals surface area contributed by atoms with Crippen molar-refractivity contribution < 1.29 is 18.3 Å². The van der Waals surface area contributed by atoms with E-state index in [0.29, 0.717) is 16.3 Å². The standard InChI is InChI=1S/C23H16BrN3O4S/c24-16-10-12-17(13-11-16)32(30,31)27-20-14-21(22(28)19-9-5-4-8-18(19)20)25-26-23(29)15-6-2-1-3-7-15/h1-14,27-28H. The summed E-state index contributed by atoms with van der Waals surface area (Å²) in [6.07, 6.45) is 0. The average Bonchev–Trinajstić information content (AvgIpc) is 2.80. The van der Waals surface area contributed by atoms with Crippen molar-refractivity contribution >= 4 is 54.0 Å². The topological polar surface area (TPSA) is 108 Å². The van der Waals surface area contributed by atoms with E-state index in [4.69, 9.17) is 0 Å². The maximum absolute atomic E-state index is 12.9. The molecule has 0 heterocycles. The molecule has 0 saturated heterocycles. The van der Waals surface area contributed by atoms with Crippen LogP contribution < -0.4 is 4.72 Å². The molecule has 160 valence electrons. The number of benzene rings is 4. The number of aromatic hydroxyl groups is 1. The third kappa shape index (κ3) is 4.53. The van der Waals surface area contributed by atoms with Crippen molar-refractivity contribution in [2.24, 2.45) is 10.2 Å². The van der Waals surface area contributed by atoms with Crippen molar-refractivity contribution in [1.82, 2.24) is 0 Å². The number of fused-ring (bicyclic) bond motifs is 1. The Morgan fingerprint density at radius 2 is 1.50 bits per heavy atom. The molecule has 0 atom stereocenters. The smallest absolute Gasteiger partial charge is 0.295 e. The summed E-state index contributed by atoms with van der Waals surface area (Å²) in [7, 11) is -3.92. The minimum Gasteiger partial charge on any atom is -0.505 e. The molecule has 7 nitrogen and oxygen atoms in total. The van der Waals surface area contributed by atoms with Crippen LogP contribution in [-0.4, -0.2) is 19.4 Å². The lowest BCUT2D eigenvalue weighted by atomic mass is 10.1. The molecule has 2 N–H and O–H groups in total. The Morgan fingerprint density at radius 3 is 2.19 bits per heavy atom. The van der Waals surface area contributed by atoms with Crippen molar-refractivity contribution in [3.05, 3.63) is 95.0 Å². The van der Waals surface area contributed by atoms with Crippen LogP contribution in [0.1, 0.15) is 10.4 Å². The number of phenolic OH excluding ortho intramolecular Hbond substituents is 1. The number of halogens is 1. The largest absolute Gasteiger partial charge is 0.505 e. The highest BCUT2D eigenvalue weighted by Crippen LogP contribution is 2.40. The van der Waals surface area contributed by atoms with Gasteiger partial charge in [-0.05, 0) is 42.5 Å². The molecule has 32 heavy (non-hydrogen) atoms. The molecule has 0 radical (unpaired) electrons. The van der Waals surface area contributed by atoms with E-state index in [1.54, 1.807) is 66.7 Å². The Hall–Kier alpha value is -3.56. The molecule has 4 aromatic rings. The Labute approximate surface area is 192 Å². The van der Waals surface area contributed by atoms with Crippen LogP contribution in [0.25, 0.3) is 10.8 Å². The Kier molecular flexibility index (Phi) is 6.02. The Morgan fingerprint density at radius 1 is 0.875 bits per heavy atom. The molecule has 0 unspecified atom stereocenters. The van der Waals surface area contributed by atoms with Gasteiger partial charge in [0.25, 0.3) is 15.9 Å². The molecule has 0 aliphatic rings. The van der Waals surface area contributed by atoms with Crippen molar-refractivity contribution in [1.29, 1.82) is 0 Å². The monoisotopic (exact) mass is 509 g/mol. The van der Waals surface area contributed by atoms with Crippen LogP contribution in [0.2, 0.25) is 0 Å². The van der Waals surface area contributed by atoms with Crippen LogP contribution in [0.4, 0.5) is 11.4 Å². The molecule has 0 fully saturated rings. The molecule has 0 aliphatic carbocycles. The molecule has 4 rings (SSSR count). The first-order valence-electron chi connectivity index (χ1n) is 9.39. The van der Waals surface area contributed by atoms with Gasteiger partial charge < -0.3 is 5.11 Å². The first-order valence-corrected chi connectivity index (χ1v) is 11.7. The molecule has 9 heteroatoms. The summed E-state index contributed by atoms with van der Waals surface area (Å²) in [5, 5.41) is 19.1. The van der Waals surface area contributed by atoms with Crippen molar-refractivity contribution in [2.75, 3.05) is 4.72 Å². The lowest BCUT2D eigenvalue weighted by Crippen LogP contribution is -2.13. The van der Waals surface area contributed by atoms with Crippen LogP contribution in [-0.2, 0) is 10.0 Å². The average molecular weight is 510 g/mol. The predicted octanol–water partition coefficient (Wildman–Crippen LogP) is 6.03.